The molecule has 27 heavy (non-hydrogen) atoms. The number of hydrazone groups is 1. The normalized spacial score (nSPS) is 10.5. The molecule has 0 aliphatic heterocycles. The predicted octanol–water partition coefficient (Wildman–Crippen LogP) is 2.07. The molecule has 0 bridgehead atoms. The number of aromatic carboxylic acids is 1. The molecule has 8 nitrogen and oxygen atoms in total. The molecule has 0 radical (unpaired) electrons. The van der Waals surface area contributed by atoms with Crippen LogP contribution in [0, 0.1) is 5.82 Å². The number of ether oxygens (including phenoxy) is 3. The first-order chi connectivity index (χ1) is 13.0. The second-order valence-corrected chi connectivity index (χ2v) is 5.11. The topological polar surface area (TPSA) is 106 Å². The fraction of sp³-hybridized carbons (Fsp3) is 0.167. The zero-order valence-corrected chi connectivity index (χ0v) is 14.6. The van der Waals surface area contributed by atoms with E-state index in [1.807, 2.05) is 0 Å². The molecule has 0 aromatic heterocycles. The number of hydrogen-bond donors (Lipinski definition) is 2. The van der Waals surface area contributed by atoms with Crippen molar-refractivity contribution in [1.82, 2.24) is 5.43 Å². The first-order valence-corrected chi connectivity index (χ1v) is 7.64. The van der Waals surface area contributed by atoms with Crippen molar-refractivity contribution in [3.8, 4) is 17.2 Å². The lowest BCUT2D eigenvalue weighted by Gasteiger charge is -2.12. The lowest BCUT2D eigenvalue weighted by Crippen LogP contribution is -2.24. The van der Waals surface area contributed by atoms with Crippen LogP contribution in [0.5, 0.6) is 17.2 Å². The monoisotopic (exact) mass is 376 g/mol. The molecule has 0 fully saturated rings. The number of benzene rings is 2. The van der Waals surface area contributed by atoms with Gasteiger partial charge in [0.05, 0.1) is 20.4 Å². The van der Waals surface area contributed by atoms with E-state index in [1.54, 1.807) is 0 Å². The maximum atomic E-state index is 13.0. The maximum Gasteiger partial charge on any atom is 0.340 e. The molecular formula is C18H17FN2O6. The van der Waals surface area contributed by atoms with E-state index in [4.69, 9.17) is 14.2 Å². The van der Waals surface area contributed by atoms with Gasteiger partial charge in [-0.25, -0.2) is 14.6 Å². The molecule has 1 amide bonds. The van der Waals surface area contributed by atoms with Gasteiger partial charge in [-0.05, 0) is 24.3 Å². The van der Waals surface area contributed by atoms with Crippen LogP contribution in [-0.2, 0) is 4.79 Å². The van der Waals surface area contributed by atoms with Gasteiger partial charge in [0.15, 0.2) is 18.1 Å². The third-order valence-corrected chi connectivity index (χ3v) is 3.35. The molecule has 9 heteroatoms. The van der Waals surface area contributed by atoms with Crippen molar-refractivity contribution in [1.29, 1.82) is 0 Å². The zero-order chi connectivity index (χ0) is 19.8. The van der Waals surface area contributed by atoms with E-state index in [9.17, 15) is 19.1 Å². The number of nitrogens with zero attached hydrogens (tertiary/aromatic N) is 1. The highest BCUT2D eigenvalue weighted by Gasteiger charge is 2.20. The summed E-state index contributed by atoms with van der Waals surface area (Å²) in [7, 11) is 2.70. The molecule has 0 atom stereocenters. The Hall–Kier alpha value is -3.62. The van der Waals surface area contributed by atoms with Crippen LogP contribution in [0.15, 0.2) is 41.5 Å². The predicted molar refractivity (Wildman–Crippen MR) is 94.1 cm³/mol. The summed E-state index contributed by atoms with van der Waals surface area (Å²) in [6, 6.07) is 8.32. The standard InChI is InChI=1S/C18H17FN2O6/c1-25-14-7-6-11(16(18(23)24)17(14)26-2)9-20-21-15(22)10-27-13-5-3-4-12(19)8-13/h3-9H,10H2,1-2H3,(H,21,22)(H,23,24)/b20-9-. The van der Waals surface area contributed by atoms with Gasteiger partial charge in [-0.1, -0.05) is 6.07 Å². The van der Waals surface area contributed by atoms with Gasteiger partial charge in [-0.2, -0.15) is 5.10 Å². The van der Waals surface area contributed by atoms with Crippen molar-refractivity contribution in [2.45, 2.75) is 0 Å². The summed E-state index contributed by atoms with van der Waals surface area (Å²) in [6.07, 6.45) is 1.16. The molecule has 0 aliphatic rings. The van der Waals surface area contributed by atoms with E-state index in [0.717, 1.165) is 12.3 Å². The first kappa shape index (κ1) is 19.7. The minimum absolute atomic E-state index is 0.0368. The second kappa shape index (κ2) is 9.18. The van der Waals surface area contributed by atoms with E-state index in [1.165, 1.54) is 44.6 Å². The van der Waals surface area contributed by atoms with Gasteiger partial charge in [0, 0.05) is 11.6 Å². The Bertz CT molecular complexity index is 869. The molecule has 142 valence electrons. The highest BCUT2D eigenvalue weighted by Crippen LogP contribution is 2.32. The Balaban J connectivity index is 2.05. The number of carboxylic acids is 1. The van der Waals surface area contributed by atoms with E-state index in [0.29, 0.717) is 0 Å². The SMILES string of the molecule is COc1ccc(/C=N\NC(=O)COc2cccc(F)c2)c(C(=O)O)c1OC. The zero-order valence-electron chi connectivity index (χ0n) is 14.6. The number of nitrogens with one attached hydrogen (secondary N) is 1. The van der Waals surface area contributed by atoms with E-state index >= 15 is 0 Å². The van der Waals surface area contributed by atoms with Gasteiger partial charge in [0.25, 0.3) is 5.91 Å². The molecule has 0 saturated carbocycles. The molecule has 2 rings (SSSR count). The largest absolute Gasteiger partial charge is 0.493 e. The van der Waals surface area contributed by atoms with Crippen LogP contribution in [-0.4, -0.2) is 44.0 Å². The van der Waals surface area contributed by atoms with Crippen LogP contribution in [0.4, 0.5) is 4.39 Å². The summed E-state index contributed by atoms with van der Waals surface area (Å²) in [4.78, 5) is 23.2. The van der Waals surface area contributed by atoms with Gasteiger partial charge in [0.1, 0.15) is 17.1 Å². The first-order valence-electron chi connectivity index (χ1n) is 7.64. The summed E-state index contributed by atoms with van der Waals surface area (Å²) >= 11 is 0. The van der Waals surface area contributed by atoms with Crippen molar-refractivity contribution < 1.29 is 33.3 Å². The Kier molecular flexibility index (Phi) is 6.70. The number of carbonyl (C=O) groups is 2. The number of carboxylic acid groups (broad SMARTS) is 1. The molecule has 0 aliphatic carbocycles. The lowest BCUT2D eigenvalue weighted by atomic mass is 10.1. The molecule has 2 N–H and O–H groups in total. The van der Waals surface area contributed by atoms with Crippen molar-refractivity contribution in [2.75, 3.05) is 20.8 Å². The van der Waals surface area contributed by atoms with Gasteiger partial charge < -0.3 is 19.3 Å². The number of rotatable bonds is 8. The number of hydrogen-bond acceptors (Lipinski definition) is 6. The molecule has 0 spiro atoms. The smallest absolute Gasteiger partial charge is 0.340 e. The third-order valence-electron chi connectivity index (χ3n) is 3.35. The van der Waals surface area contributed by atoms with E-state index in [-0.39, 0.29) is 28.4 Å². The minimum Gasteiger partial charge on any atom is -0.493 e. The minimum atomic E-state index is -1.24. The van der Waals surface area contributed by atoms with Crippen LogP contribution in [0.1, 0.15) is 15.9 Å². The second-order valence-electron chi connectivity index (χ2n) is 5.11. The van der Waals surface area contributed by atoms with Crippen molar-refractivity contribution in [3.63, 3.8) is 0 Å². The van der Waals surface area contributed by atoms with Gasteiger partial charge >= 0.3 is 5.97 Å². The summed E-state index contributed by atoms with van der Waals surface area (Å²) in [5.41, 5.74) is 2.23. The van der Waals surface area contributed by atoms with E-state index < -0.39 is 24.3 Å². The number of methoxy groups -OCH3 is 2. The summed E-state index contributed by atoms with van der Waals surface area (Å²) < 4.78 is 28.3. The van der Waals surface area contributed by atoms with Crippen LogP contribution in [0.2, 0.25) is 0 Å². The highest BCUT2D eigenvalue weighted by molar-refractivity contribution is 6.02. The van der Waals surface area contributed by atoms with Crippen LogP contribution in [0.3, 0.4) is 0 Å². The highest BCUT2D eigenvalue weighted by atomic mass is 19.1. The van der Waals surface area contributed by atoms with E-state index in [2.05, 4.69) is 10.5 Å². The fourth-order valence-electron chi connectivity index (χ4n) is 2.18. The fourth-order valence-corrected chi connectivity index (χ4v) is 2.18. The Morgan fingerprint density at radius 1 is 1.22 bits per heavy atom. The van der Waals surface area contributed by atoms with Gasteiger partial charge in [-0.15, -0.1) is 0 Å². The van der Waals surface area contributed by atoms with Crippen LogP contribution >= 0.6 is 0 Å². The quantitative estimate of drug-likeness (QED) is 0.540. The Morgan fingerprint density at radius 3 is 2.63 bits per heavy atom. The summed E-state index contributed by atoms with van der Waals surface area (Å²) in [6.45, 7) is -0.390. The Morgan fingerprint density at radius 2 is 2.00 bits per heavy atom. The summed E-state index contributed by atoms with van der Waals surface area (Å²) in [5.74, 6) is -1.85. The Labute approximate surface area is 154 Å². The lowest BCUT2D eigenvalue weighted by molar-refractivity contribution is -0.123. The summed E-state index contributed by atoms with van der Waals surface area (Å²) in [5, 5.41) is 13.1. The molecule has 2 aromatic carbocycles. The number of halogens is 1. The maximum absolute atomic E-state index is 13.0. The number of amides is 1. The number of carbonyl (C=O) groups excluding carboxylic acids is 1. The molecular weight excluding hydrogens is 359 g/mol. The third kappa shape index (κ3) is 5.18. The van der Waals surface area contributed by atoms with Crippen molar-refractivity contribution in [2.24, 2.45) is 5.10 Å². The molecule has 0 unspecified atom stereocenters. The molecule has 0 saturated heterocycles. The van der Waals surface area contributed by atoms with Gasteiger partial charge in [-0.3, -0.25) is 4.79 Å². The average molecular weight is 376 g/mol. The molecule has 0 heterocycles. The van der Waals surface area contributed by atoms with Crippen molar-refractivity contribution in [3.05, 3.63) is 53.3 Å². The van der Waals surface area contributed by atoms with Crippen LogP contribution in [0.25, 0.3) is 0 Å². The van der Waals surface area contributed by atoms with Crippen molar-refractivity contribution >= 4 is 18.1 Å². The van der Waals surface area contributed by atoms with Gasteiger partial charge in [0.2, 0.25) is 0 Å². The van der Waals surface area contributed by atoms with Crippen LogP contribution < -0.4 is 19.6 Å². The average Bonchev–Trinajstić information content (AvgIpc) is 2.65. The molecule has 2 aromatic rings.